The highest BCUT2D eigenvalue weighted by atomic mass is 16.5. The third-order valence-corrected chi connectivity index (χ3v) is 3.57. The Morgan fingerprint density at radius 3 is 2.27 bits per heavy atom. The number of hydrogen-bond donors (Lipinski definition) is 2. The molecule has 2 N–H and O–H groups in total. The molecule has 0 saturated heterocycles. The first kappa shape index (κ1) is 19.0. The summed E-state index contributed by atoms with van der Waals surface area (Å²) < 4.78 is 10.1. The maximum absolute atomic E-state index is 12.4. The van der Waals surface area contributed by atoms with Crippen molar-refractivity contribution < 1.29 is 29.0 Å². The predicted octanol–water partition coefficient (Wildman–Crippen LogP) is 2.79. The van der Waals surface area contributed by atoms with Crippen molar-refractivity contribution in [2.45, 2.75) is 20.0 Å². The molecule has 136 valence electrons. The summed E-state index contributed by atoms with van der Waals surface area (Å²) in [6.45, 7) is 2.83. The maximum Gasteiger partial charge on any atom is 0.342 e. The van der Waals surface area contributed by atoms with E-state index in [-0.39, 0.29) is 17.2 Å². The number of methoxy groups -OCH3 is 1. The first-order valence-corrected chi connectivity index (χ1v) is 7.81. The SMILES string of the molecule is COc1ccc(C(=O)OC(C)C(=O)c2ccc(NC(C)=O)cc2)c(O)c1. The second-order valence-electron chi connectivity index (χ2n) is 5.55. The molecule has 0 saturated carbocycles. The molecular formula is C19H19NO6. The Hall–Kier alpha value is -3.35. The van der Waals surface area contributed by atoms with Gasteiger partial charge in [-0.05, 0) is 43.3 Å². The van der Waals surface area contributed by atoms with Crippen LogP contribution in [0.15, 0.2) is 42.5 Å². The van der Waals surface area contributed by atoms with Crippen LogP contribution in [0.2, 0.25) is 0 Å². The highest BCUT2D eigenvalue weighted by molar-refractivity contribution is 6.02. The highest BCUT2D eigenvalue weighted by Gasteiger charge is 2.22. The number of amides is 1. The number of rotatable bonds is 6. The third kappa shape index (κ3) is 4.60. The van der Waals surface area contributed by atoms with Crippen molar-refractivity contribution in [1.82, 2.24) is 0 Å². The Balaban J connectivity index is 2.06. The number of carbonyl (C=O) groups is 3. The molecule has 0 aliphatic rings. The van der Waals surface area contributed by atoms with E-state index in [1.165, 1.54) is 51.3 Å². The summed E-state index contributed by atoms with van der Waals surface area (Å²) in [4.78, 5) is 35.5. The number of carbonyl (C=O) groups excluding carboxylic acids is 3. The number of ether oxygens (including phenoxy) is 2. The average molecular weight is 357 g/mol. The van der Waals surface area contributed by atoms with Crippen molar-refractivity contribution in [1.29, 1.82) is 0 Å². The second-order valence-corrected chi connectivity index (χ2v) is 5.55. The van der Waals surface area contributed by atoms with E-state index in [0.29, 0.717) is 17.0 Å². The number of ketones is 1. The molecule has 1 atom stereocenters. The van der Waals surface area contributed by atoms with E-state index in [1.807, 2.05) is 0 Å². The molecule has 7 heteroatoms. The van der Waals surface area contributed by atoms with Crippen LogP contribution in [0.3, 0.4) is 0 Å². The molecule has 1 unspecified atom stereocenters. The fraction of sp³-hybridized carbons (Fsp3) is 0.211. The molecule has 1 amide bonds. The Bertz CT molecular complexity index is 828. The van der Waals surface area contributed by atoms with Gasteiger partial charge in [0.2, 0.25) is 11.7 Å². The zero-order valence-corrected chi connectivity index (χ0v) is 14.6. The number of aromatic hydroxyl groups is 1. The van der Waals surface area contributed by atoms with E-state index in [1.54, 1.807) is 12.1 Å². The second kappa shape index (κ2) is 8.15. The molecule has 26 heavy (non-hydrogen) atoms. The number of phenols is 1. The fourth-order valence-corrected chi connectivity index (χ4v) is 2.24. The number of anilines is 1. The maximum atomic E-state index is 12.4. The van der Waals surface area contributed by atoms with Crippen LogP contribution in [0.4, 0.5) is 5.69 Å². The zero-order chi connectivity index (χ0) is 19.3. The molecule has 0 spiro atoms. The summed E-state index contributed by atoms with van der Waals surface area (Å²) in [5, 5.41) is 12.5. The van der Waals surface area contributed by atoms with Gasteiger partial charge in [-0.15, -0.1) is 0 Å². The molecule has 2 aromatic rings. The summed E-state index contributed by atoms with van der Waals surface area (Å²) >= 11 is 0. The monoisotopic (exact) mass is 357 g/mol. The molecule has 0 aliphatic carbocycles. The van der Waals surface area contributed by atoms with Crippen LogP contribution in [0, 0.1) is 0 Å². The van der Waals surface area contributed by atoms with Crippen molar-refractivity contribution in [3.63, 3.8) is 0 Å². The largest absolute Gasteiger partial charge is 0.507 e. The van der Waals surface area contributed by atoms with E-state index in [9.17, 15) is 19.5 Å². The third-order valence-electron chi connectivity index (χ3n) is 3.57. The number of hydrogen-bond acceptors (Lipinski definition) is 6. The summed E-state index contributed by atoms with van der Waals surface area (Å²) in [5.41, 5.74) is 0.826. The molecule has 0 aliphatic heterocycles. The number of phenolic OH excluding ortho intramolecular Hbond substituents is 1. The summed E-state index contributed by atoms with van der Waals surface area (Å²) in [5.74, 6) is -1.34. The minimum atomic E-state index is -1.05. The predicted molar refractivity (Wildman–Crippen MR) is 94.6 cm³/mol. The molecule has 0 heterocycles. The summed E-state index contributed by atoms with van der Waals surface area (Å²) in [6, 6.07) is 10.4. The molecule has 2 rings (SSSR count). The lowest BCUT2D eigenvalue weighted by molar-refractivity contribution is -0.114. The van der Waals surface area contributed by atoms with Crippen LogP contribution in [-0.4, -0.2) is 36.0 Å². The van der Waals surface area contributed by atoms with Crippen molar-refractivity contribution in [2.24, 2.45) is 0 Å². The van der Waals surface area contributed by atoms with Gasteiger partial charge in [0.25, 0.3) is 0 Å². The van der Waals surface area contributed by atoms with Gasteiger partial charge < -0.3 is 19.9 Å². The number of Topliss-reactive ketones (excluding diaryl/α,β-unsaturated/α-hetero) is 1. The van der Waals surface area contributed by atoms with E-state index >= 15 is 0 Å². The number of benzene rings is 2. The van der Waals surface area contributed by atoms with Crippen molar-refractivity contribution in [3.05, 3.63) is 53.6 Å². The Morgan fingerprint density at radius 1 is 1.08 bits per heavy atom. The molecule has 0 aromatic heterocycles. The van der Waals surface area contributed by atoms with Gasteiger partial charge in [-0.3, -0.25) is 9.59 Å². The van der Waals surface area contributed by atoms with E-state index in [4.69, 9.17) is 9.47 Å². The van der Waals surface area contributed by atoms with Crippen LogP contribution in [0.5, 0.6) is 11.5 Å². The van der Waals surface area contributed by atoms with E-state index < -0.39 is 17.9 Å². The number of esters is 1. The standard InChI is InChI=1S/C19H19NO6/c1-11(18(23)13-4-6-14(7-5-13)20-12(2)21)26-19(24)16-9-8-15(25-3)10-17(16)22/h4-11,22H,1-3H3,(H,20,21). The number of nitrogens with one attached hydrogen (secondary N) is 1. The van der Waals surface area contributed by atoms with Crippen LogP contribution in [0.1, 0.15) is 34.6 Å². The van der Waals surface area contributed by atoms with Crippen molar-refractivity contribution in [2.75, 3.05) is 12.4 Å². The minimum absolute atomic E-state index is 0.0635. The highest BCUT2D eigenvalue weighted by Crippen LogP contribution is 2.24. The fourth-order valence-electron chi connectivity index (χ4n) is 2.24. The molecule has 0 fully saturated rings. The Kier molecular flexibility index (Phi) is 5.95. The summed E-state index contributed by atoms with van der Waals surface area (Å²) in [6.07, 6.45) is -1.05. The van der Waals surface area contributed by atoms with Gasteiger partial charge in [0.15, 0.2) is 6.10 Å². The van der Waals surface area contributed by atoms with E-state index in [0.717, 1.165) is 0 Å². The smallest absolute Gasteiger partial charge is 0.342 e. The van der Waals surface area contributed by atoms with Gasteiger partial charge in [0.1, 0.15) is 17.1 Å². The lowest BCUT2D eigenvalue weighted by atomic mass is 10.1. The van der Waals surface area contributed by atoms with Gasteiger partial charge in [0.05, 0.1) is 7.11 Å². The molecule has 0 radical (unpaired) electrons. The lowest BCUT2D eigenvalue weighted by Crippen LogP contribution is -2.24. The average Bonchev–Trinajstić information content (AvgIpc) is 2.60. The molecule has 7 nitrogen and oxygen atoms in total. The molecular weight excluding hydrogens is 338 g/mol. The first-order valence-electron chi connectivity index (χ1n) is 7.81. The van der Waals surface area contributed by atoms with Gasteiger partial charge >= 0.3 is 5.97 Å². The van der Waals surface area contributed by atoms with Crippen LogP contribution < -0.4 is 10.1 Å². The van der Waals surface area contributed by atoms with Gasteiger partial charge in [0, 0.05) is 24.2 Å². The topological polar surface area (TPSA) is 102 Å². The quantitative estimate of drug-likeness (QED) is 0.609. The minimum Gasteiger partial charge on any atom is -0.507 e. The van der Waals surface area contributed by atoms with Gasteiger partial charge in [-0.2, -0.15) is 0 Å². The van der Waals surface area contributed by atoms with Gasteiger partial charge in [-0.1, -0.05) is 0 Å². The first-order chi connectivity index (χ1) is 12.3. The van der Waals surface area contributed by atoms with Gasteiger partial charge in [-0.25, -0.2) is 4.79 Å². The molecule has 0 bridgehead atoms. The van der Waals surface area contributed by atoms with E-state index in [2.05, 4.69) is 5.32 Å². The Labute approximate surface area is 150 Å². The Morgan fingerprint density at radius 2 is 1.73 bits per heavy atom. The van der Waals surface area contributed by atoms with Crippen LogP contribution in [0.25, 0.3) is 0 Å². The summed E-state index contributed by atoms with van der Waals surface area (Å²) in [7, 11) is 1.44. The lowest BCUT2D eigenvalue weighted by Gasteiger charge is -2.13. The van der Waals surface area contributed by atoms with Crippen molar-refractivity contribution >= 4 is 23.3 Å². The normalized spacial score (nSPS) is 11.3. The zero-order valence-electron chi connectivity index (χ0n) is 14.6. The van der Waals surface area contributed by atoms with Crippen LogP contribution in [-0.2, 0) is 9.53 Å². The molecule has 2 aromatic carbocycles. The van der Waals surface area contributed by atoms with Crippen molar-refractivity contribution in [3.8, 4) is 11.5 Å². The van der Waals surface area contributed by atoms with Crippen LogP contribution >= 0.6 is 0 Å².